The Balaban J connectivity index is 1.80. The average Bonchev–Trinajstić information content (AvgIpc) is 2.70. The third-order valence-electron chi connectivity index (χ3n) is 3.99. The summed E-state index contributed by atoms with van der Waals surface area (Å²) in [6.45, 7) is 6.05. The van der Waals surface area contributed by atoms with Crippen LogP contribution in [-0.4, -0.2) is 37.6 Å². The number of hydrogen-bond acceptors (Lipinski definition) is 2. The van der Waals surface area contributed by atoms with Gasteiger partial charge < -0.3 is 10.2 Å². The van der Waals surface area contributed by atoms with Crippen LogP contribution in [0.15, 0.2) is 0 Å². The van der Waals surface area contributed by atoms with Gasteiger partial charge in [-0.2, -0.15) is 0 Å². The molecular weight excluding hydrogens is 172 g/mol. The Morgan fingerprint density at radius 2 is 2.21 bits per heavy atom. The zero-order chi connectivity index (χ0) is 9.97. The van der Waals surface area contributed by atoms with Crippen LogP contribution >= 0.6 is 0 Å². The van der Waals surface area contributed by atoms with E-state index in [-0.39, 0.29) is 0 Å². The zero-order valence-electron chi connectivity index (χ0n) is 9.63. The van der Waals surface area contributed by atoms with E-state index in [0.717, 1.165) is 17.9 Å². The average molecular weight is 196 g/mol. The number of rotatable bonds is 4. The molecule has 1 saturated heterocycles. The molecule has 0 amide bonds. The van der Waals surface area contributed by atoms with Crippen molar-refractivity contribution in [2.45, 2.75) is 38.6 Å². The van der Waals surface area contributed by atoms with Crippen LogP contribution in [0, 0.1) is 11.8 Å². The second kappa shape index (κ2) is 4.63. The standard InChI is InChI=1S/C12H24N2/c1-3-7-14(2)9-12-11-6-4-5-10(11)8-13-12/h10-13H,3-9H2,1-2H3. The van der Waals surface area contributed by atoms with Gasteiger partial charge in [0.25, 0.3) is 0 Å². The number of fused-ring (bicyclic) bond motifs is 1. The molecule has 1 saturated carbocycles. The largest absolute Gasteiger partial charge is 0.312 e. The van der Waals surface area contributed by atoms with Crippen molar-refractivity contribution in [3.63, 3.8) is 0 Å². The van der Waals surface area contributed by atoms with Crippen molar-refractivity contribution in [2.75, 3.05) is 26.7 Å². The van der Waals surface area contributed by atoms with Gasteiger partial charge in [0.1, 0.15) is 0 Å². The molecule has 2 heteroatoms. The molecule has 2 rings (SSSR count). The highest BCUT2D eigenvalue weighted by atomic mass is 15.1. The van der Waals surface area contributed by atoms with Gasteiger partial charge in [0, 0.05) is 12.6 Å². The van der Waals surface area contributed by atoms with Crippen molar-refractivity contribution in [3.05, 3.63) is 0 Å². The summed E-state index contributed by atoms with van der Waals surface area (Å²) >= 11 is 0. The van der Waals surface area contributed by atoms with E-state index in [0.29, 0.717) is 0 Å². The van der Waals surface area contributed by atoms with Crippen molar-refractivity contribution in [1.82, 2.24) is 10.2 Å². The van der Waals surface area contributed by atoms with Crippen molar-refractivity contribution in [1.29, 1.82) is 0 Å². The Morgan fingerprint density at radius 1 is 1.36 bits per heavy atom. The summed E-state index contributed by atoms with van der Waals surface area (Å²) in [7, 11) is 2.26. The molecule has 0 aromatic heterocycles. The highest BCUT2D eigenvalue weighted by Gasteiger charge is 2.38. The summed E-state index contributed by atoms with van der Waals surface area (Å²) in [6, 6.07) is 0.791. The maximum Gasteiger partial charge on any atom is 0.0226 e. The van der Waals surface area contributed by atoms with E-state index in [1.807, 2.05) is 0 Å². The molecule has 0 radical (unpaired) electrons. The maximum absolute atomic E-state index is 3.71. The zero-order valence-corrected chi connectivity index (χ0v) is 9.63. The van der Waals surface area contributed by atoms with Gasteiger partial charge in [-0.15, -0.1) is 0 Å². The Morgan fingerprint density at radius 3 is 3.00 bits per heavy atom. The minimum Gasteiger partial charge on any atom is -0.312 e. The summed E-state index contributed by atoms with van der Waals surface area (Å²) in [5.74, 6) is 2.00. The molecule has 3 atom stereocenters. The van der Waals surface area contributed by atoms with Gasteiger partial charge in [-0.05, 0) is 51.2 Å². The monoisotopic (exact) mass is 196 g/mol. The molecule has 1 heterocycles. The Labute approximate surface area is 88.1 Å². The highest BCUT2D eigenvalue weighted by Crippen LogP contribution is 2.37. The van der Waals surface area contributed by atoms with Gasteiger partial charge in [-0.1, -0.05) is 13.3 Å². The Kier molecular flexibility index (Phi) is 3.45. The summed E-state index contributed by atoms with van der Waals surface area (Å²) < 4.78 is 0. The predicted octanol–water partition coefficient (Wildman–Crippen LogP) is 1.72. The van der Waals surface area contributed by atoms with Crippen molar-refractivity contribution >= 4 is 0 Å². The smallest absolute Gasteiger partial charge is 0.0226 e. The lowest BCUT2D eigenvalue weighted by Gasteiger charge is -2.24. The minimum atomic E-state index is 0.791. The molecule has 1 N–H and O–H groups in total. The molecule has 14 heavy (non-hydrogen) atoms. The second-order valence-electron chi connectivity index (χ2n) is 5.13. The molecule has 1 aliphatic heterocycles. The first-order valence-electron chi connectivity index (χ1n) is 6.23. The fourth-order valence-corrected chi connectivity index (χ4v) is 3.31. The molecule has 0 spiro atoms. The van der Waals surface area contributed by atoms with Gasteiger partial charge in [0.05, 0.1) is 0 Å². The quantitative estimate of drug-likeness (QED) is 0.736. The Bertz CT molecular complexity index is 181. The molecule has 2 fully saturated rings. The lowest BCUT2D eigenvalue weighted by atomic mass is 9.94. The van der Waals surface area contributed by atoms with Crippen LogP contribution in [0.1, 0.15) is 32.6 Å². The Hall–Kier alpha value is -0.0800. The van der Waals surface area contributed by atoms with E-state index in [1.54, 1.807) is 0 Å². The normalized spacial score (nSPS) is 36.6. The lowest BCUT2D eigenvalue weighted by Crippen LogP contribution is -2.39. The number of nitrogens with zero attached hydrogens (tertiary/aromatic N) is 1. The predicted molar refractivity (Wildman–Crippen MR) is 60.4 cm³/mol. The molecule has 2 nitrogen and oxygen atoms in total. The van der Waals surface area contributed by atoms with Crippen molar-refractivity contribution < 1.29 is 0 Å². The van der Waals surface area contributed by atoms with Gasteiger partial charge in [0.2, 0.25) is 0 Å². The van der Waals surface area contributed by atoms with Crippen LogP contribution in [-0.2, 0) is 0 Å². The van der Waals surface area contributed by atoms with Gasteiger partial charge in [-0.25, -0.2) is 0 Å². The fourth-order valence-electron chi connectivity index (χ4n) is 3.31. The fraction of sp³-hybridized carbons (Fsp3) is 1.00. The SMILES string of the molecule is CCCN(C)CC1NCC2CCCC21. The molecule has 2 aliphatic rings. The van der Waals surface area contributed by atoms with Gasteiger partial charge in [0.15, 0.2) is 0 Å². The van der Waals surface area contributed by atoms with E-state index < -0.39 is 0 Å². The molecule has 82 valence electrons. The van der Waals surface area contributed by atoms with Crippen molar-refractivity contribution in [3.8, 4) is 0 Å². The first kappa shape index (κ1) is 10.4. The van der Waals surface area contributed by atoms with Crippen LogP contribution < -0.4 is 5.32 Å². The first-order chi connectivity index (χ1) is 6.81. The summed E-state index contributed by atoms with van der Waals surface area (Å²) in [5, 5.41) is 3.71. The van der Waals surface area contributed by atoms with Crippen LogP contribution in [0.4, 0.5) is 0 Å². The third-order valence-corrected chi connectivity index (χ3v) is 3.99. The van der Waals surface area contributed by atoms with E-state index in [2.05, 4.69) is 24.2 Å². The minimum absolute atomic E-state index is 0.791. The number of likely N-dealkylation sites (N-methyl/N-ethyl adjacent to an activating group) is 1. The van der Waals surface area contributed by atoms with E-state index in [9.17, 15) is 0 Å². The second-order valence-corrected chi connectivity index (χ2v) is 5.13. The summed E-state index contributed by atoms with van der Waals surface area (Å²) in [5.41, 5.74) is 0. The van der Waals surface area contributed by atoms with Crippen LogP contribution in [0.3, 0.4) is 0 Å². The first-order valence-corrected chi connectivity index (χ1v) is 6.23. The van der Waals surface area contributed by atoms with E-state index >= 15 is 0 Å². The number of hydrogen-bond donors (Lipinski definition) is 1. The van der Waals surface area contributed by atoms with Crippen LogP contribution in [0.25, 0.3) is 0 Å². The van der Waals surface area contributed by atoms with Crippen LogP contribution in [0.2, 0.25) is 0 Å². The number of nitrogens with one attached hydrogen (secondary N) is 1. The third kappa shape index (κ3) is 2.12. The van der Waals surface area contributed by atoms with Gasteiger partial charge >= 0.3 is 0 Å². The van der Waals surface area contributed by atoms with E-state index in [1.165, 1.54) is 45.3 Å². The van der Waals surface area contributed by atoms with E-state index in [4.69, 9.17) is 0 Å². The lowest BCUT2D eigenvalue weighted by molar-refractivity contribution is 0.266. The van der Waals surface area contributed by atoms with Crippen molar-refractivity contribution in [2.24, 2.45) is 11.8 Å². The molecule has 0 aromatic rings. The maximum atomic E-state index is 3.71. The molecule has 0 aromatic carbocycles. The molecule has 0 bridgehead atoms. The highest BCUT2D eigenvalue weighted by molar-refractivity contribution is 4.95. The molecule has 1 aliphatic carbocycles. The topological polar surface area (TPSA) is 15.3 Å². The summed E-state index contributed by atoms with van der Waals surface area (Å²) in [6.07, 6.45) is 5.70. The molecule has 3 unspecified atom stereocenters. The summed E-state index contributed by atoms with van der Waals surface area (Å²) in [4.78, 5) is 2.48. The van der Waals surface area contributed by atoms with Gasteiger partial charge in [-0.3, -0.25) is 0 Å². The molecular formula is C12H24N2. The van der Waals surface area contributed by atoms with Crippen LogP contribution in [0.5, 0.6) is 0 Å².